The molecule has 1 atom stereocenters. The first-order chi connectivity index (χ1) is 11.0. The topological polar surface area (TPSA) is 84.1 Å². The van der Waals surface area contributed by atoms with Gasteiger partial charge in [0.05, 0.1) is 11.6 Å². The Labute approximate surface area is 135 Å². The van der Waals surface area contributed by atoms with Gasteiger partial charge in [-0.3, -0.25) is 0 Å². The van der Waals surface area contributed by atoms with Crippen molar-refractivity contribution in [3.63, 3.8) is 0 Å². The average Bonchev–Trinajstić information content (AvgIpc) is 2.52. The summed E-state index contributed by atoms with van der Waals surface area (Å²) in [5, 5.41) is 13.4. The maximum absolute atomic E-state index is 9.44. The van der Waals surface area contributed by atoms with Crippen LogP contribution in [0.4, 0.5) is 11.8 Å². The number of nitrogens with one attached hydrogen (secondary N) is 1. The summed E-state index contributed by atoms with van der Waals surface area (Å²) in [4.78, 5) is 8.58. The minimum Gasteiger partial charge on any atom is -0.392 e. The van der Waals surface area contributed by atoms with Gasteiger partial charge < -0.3 is 16.2 Å². The molecular weight excluding hydrogens is 288 g/mol. The second-order valence-corrected chi connectivity index (χ2v) is 5.71. The highest BCUT2D eigenvalue weighted by Crippen LogP contribution is 2.29. The summed E-state index contributed by atoms with van der Waals surface area (Å²) in [7, 11) is 0. The van der Waals surface area contributed by atoms with E-state index in [0.717, 1.165) is 16.5 Å². The molecule has 0 saturated heterocycles. The van der Waals surface area contributed by atoms with Crippen LogP contribution in [0.25, 0.3) is 22.0 Å². The fourth-order valence-electron chi connectivity index (χ4n) is 2.59. The molecular formula is C18H20N4O. The number of aliphatic hydroxyl groups is 1. The molecule has 4 N–H and O–H groups in total. The van der Waals surface area contributed by atoms with Gasteiger partial charge >= 0.3 is 0 Å². The van der Waals surface area contributed by atoms with E-state index < -0.39 is 6.10 Å². The highest BCUT2D eigenvalue weighted by molar-refractivity contribution is 5.93. The molecule has 1 heterocycles. The van der Waals surface area contributed by atoms with Crippen LogP contribution in [0.2, 0.25) is 0 Å². The minimum atomic E-state index is -0.465. The van der Waals surface area contributed by atoms with Crippen LogP contribution in [0.3, 0.4) is 0 Å². The SMILES string of the molecule is Cc1ccccc1-c1ccc2c(NCC(C)O)nc(N)nc2c1. The van der Waals surface area contributed by atoms with Crippen LogP contribution < -0.4 is 11.1 Å². The van der Waals surface area contributed by atoms with Gasteiger partial charge in [-0.15, -0.1) is 0 Å². The van der Waals surface area contributed by atoms with Gasteiger partial charge in [0.1, 0.15) is 5.82 Å². The summed E-state index contributed by atoms with van der Waals surface area (Å²) >= 11 is 0. The molecule has 1 aromatic heterocycles. The van der Waals surface area contributed by atoms with Gasteiger partial charge in [0.15, 0.2) is 0 Å². The van der Waals surface area contributed by atoms with Crippen molar-refractivity contribution in [3.05, 3.63) is 48.0 Å². The zero-order chi connectivity index (χ0) is 16.4. The zero-order valence-electron chi connectivity index (χ0n) is 13.2. The van der Waals surface area contributed by atoms with E-state index in [1.807, 2.05) is 24.3 Å². The molecule has 0 spiro atoms. The number of aryl methyl sites for hydroxylation is 1. The van der Waals surface area contributed by atoms with Crippen molar-refractivity contribution >= 4 is 22.7 Å². The maximum Gasteiger partial charge on any atom is 0.222 e. The van der Waals surface area contributed by atoms with Gasteiger partial charge in [0.2, 0.25) is 5.95 Å². The van der Waals surface area contributed by atoms with E-state index in [1.54, 1.807) is 6.92 Å². The first-order valence-electron chi connectivity index (χ1n) is 7.60. The summed E-state index contributed by atoms with van der Waals surface area (Å²) < 4.78 is 0. The number of nitrogens with zero attached hydrogens (tertiary/aromatic N) is 2. The molecule has 118 valence electrons. The molecule has 0 amide bonds. The number of anilines is 2. The van der Waals surface area contributed by atoms with Crippen molar-refractivity contribution < 1.29 is 5.11 Å². The zero-order valence-corrected chi connectivity index (χ0v) is 13.2. The first kappa shape index (κ1) is 15.2. The number of aromatic nitrogens is 2. The van der Waals surface area contributed by atoms with E-state index in [0.29, 0.717) is 12.4 Å². The lowest BCUT2D eigenvalue weighted by Gasteiger charge is -2.12. The monoisotopic (exact) mass is 308 g/mol. The Hall–Kier alpha value is -2.66. The van der Waals surface area contributed by atoms with Crippen molar-refractivity contribution in [2.75, 3.05) is 17.6 Å². The smallest absolute Gasteiger partial charge is 0.222 e. The lowest BCUT2D eigenvalue weighted by atomic mass is 9.99. The number of aliphatic hydroxyl groups excluding tert-OH is 1. The number of benzene rings is 2. The van der Waals surface area contributed by atoms with E-state index in [2.05, 4.69) is 40.4 Å². The maximum atomic E-state index is 9.44. The van der Waals surface area contributed by atoms with Crippen LogP contribution in [-0.4, -0.2) is 27.7 Å². The average molecular weight is 308 g/mol. The minimum absolute atomic E-state index is 0.215. The lowest BCUT2D eigenvalue weighted by molar-refractivity contribution is 0.208. The Balaban J connectivity index is 2.08. The molecule has 0 fully saturated rings. The molecule has 0 saturated carbocycles. The highest BCUT2D eigenvalue weighted by atomic mass is 16.3. The number of nitrogen functional groups attached to an aromatic ring is 1. The fourth-order valence-corrected chi connectivity index (χ4v) is 2.59. The molecule has 5 heteroatoms. The second kappa shape index (κ2) is 6.22. The van der Waals surface area contributed by atoms with E-state index in [9.17, 15) is 5.11 Å². The largest absolute Gasteiger partial charge is 0.392 e. The summed E-state index contributed by atoms with van der Waals surface area (Å²) in [5.74, 6) is 0.859. The Morgan fingerprint density at radius 2 is 1.96 bits per heavy atom. The third-order valence-corrected chi connectivity index (χ3v) is 3.74. The van der Waals surface area contributed by atoms with Gasteiger partial charge in [-0.05, 0) is 42.7 Å². The van der Waals surface area contributed by atoms with Crippen molar-refractivity contribution in [1.29, 1.82) is 0 Å². The number of hydrogen-bond donors (Lipinski definition) is 3. The summed E-state index contributed by atoms with van der Waals surface area (Å²) in [5.41, 5.74) is 10.1. The van der Waals surface area contributed by atoms with Gasteiger partial charge in [-0.25, -0.2) is 4.98 Å². The Bertz CT molecular complexity index is 846. The van der Waals surface area contributed by atoms with Gasteiger partial charge in [-0.1, -0.05) is 30.3 Å². The number of nitrogens with two attached hydrogens (primary N) is 1. The van der Waals surface area contributed by atoms with Crippen molar-refractivity contribution in [2.24, 2.45) is 0 Å². The van der Waals surface area contributed by atoms with E-state index in [-0.39, 0.29) is 5.95 Å². The Morgan fingerprint density at radius 3 is 2.70 bits per heavy atom. The third kappa shape index (κ3) is 3.24. The van der Waals surface area contributed by atoms with E-state index in [4.69, 9.17) is 5.73 Å². The lowest BCUT2D eigenvalue weighted by Crippen LogP contribution is -2.16. The van der Waals surface area contributed by atoms with Crippen LogP contribution >= 0.6 is 0 Å². The molecule has 23 heavy (non-hydrogen) atoms. The third-order valence-electron chi connectivity index (χ3n) is 3.74. The van der Waals surface area contributed by atoms with Crippen LogP contribution in [0.5, 0.6) is 0 Å². The van der Waals surface area contributed by atoms with Gasteiger partial charge in [0.25, 0.3) is 0 Å². The first-order valence-corrected chi connectivity index (χ1v) is 7.60. The second-order valence-electron chi connectivity index (χ2n) is 5.71. The van der Waals surface area contributed by atoms with Crippen molar-refractivity contribution in [1.82, 2.24) is 9.97 Å². The Morgan fingerprint density at radius 1 is 1.17 bits per heavy atom. The van der Waals surface area contributed by atoms with Crippen molar-refractivity contribution in [2.45, 2.75) is 20.0 Å². The summed E-state index contributed by atoms with van der Waals surface area (Å²) in [6.45, 7) is 4.21. The molecule has 3 rings (SSSR count). The van der Waals surface area contributed by atoms with Crippen molar-refractivity contribution in [3.8, 4) is 11.1 Å². The predicted octanol–water partition coefficient (Wildman–Crippen LogP) is 2.98. The molecule has 0 aliphatic rings. The van der Waals surface area contributed by atoms with E-state index in [1.165, 1.54) is 11.1 Å². The summed E-state index contributed by atoms with van der Waals surface area (Å²) in [6.07, 6.45) is -0.465. The quantitative estimate of drug-likeness (QED) is 0.690. The van der Waals surface area contributed by atoms with Crippen LogP contribution in [0, 0.1) is 6.92 Å². The van der Waals surface area contributed by atoms with Crippen LogP contribution in [-0.2, 0) is 0 Å². The summed E-state index contributed by atoms with van der Waals surface area (Å²) in [6, 6.07) is 14.3. The molecule has 0 radical (unpaired) electrons. The molecule has 0 aliphatic carbocycles. The normalized spacial score (nSPS) is 12.3. The van der Waals surface area contributed by atoms with E-state index >= 15 is 0 Å². The predicted molar refractivity (Wildman–Crippen MR) is 94.3 cm³/mol. The molecule has 1 unspecified atom stereocenters. The molecule has 0 bridgehead atoms. The van der Waals surface area contributed by atoms with Gasteiger partial charge in [-0.2, -0.15) is 4.98 Å². The van der Waals surface area contributed by atoms with Gasteiger partial charge in [0, 0.05) is 11.9 Å². The number of fused-ring (bicyclic) bond motifs is 1. The van der Waals surface area contributed by atoms with Crippen LogP contribution in [0.15, 0.2) is 42.5 Å². The molecule has 5 nitrogen and oxygen atoms in total. The van der Waals surface area contributed by atoms with Crippen LogP contribution in [0.1, 0.15) is 12.5 Å². The molecule has 3 aromatic rings. The molecule has 0 aliphatic heterocycles. The molecule has 2 aromatic carbocycles. The fraction of sp³-hybridized carbons (Fsp3) is 0.222. The highest BCUT2D eigenvalue weighted by Gasteiger charge is 2.09. The number of hydrogen-bond acceptors (Lipinski definition) is 5. The standard InChI is InChI=1S/C18H20N4O/c1-11-5-3-4-6-14(11)13-7-8-15-16(9-13)21-18(19)22-17(15)20-10-12(2)23/h3-9,12,23H,10H2,1-2H3,(H3,19,20,21,22). The Kier molecular flexibility index (Phi) is 4.12. The number of rotatable bonds is 4.